The fourth-order valence-corrected chi connectivity index (χ4v) is 3.72. The maximum atomic E-state index is 13.1. The van der Waals surface area contributed by atoms with Crippen molar-refractivity contribution in [3.8, 4) is 0 Å². The average molecular weight is 302 g/mol. The van der Waals surface area contributed by atoms with Crippen molar-refractivity contribution in [2.24, 2.45) is 5.73 Å². The molecule has 1 saturated heterocycles. The van der Waals surface area contributed by atoms with Crippen LogP contribution in [0.25, 0.3) is 0 Å². The molecule has 0 unspecified atom stereocenters. The molecule has 0 radical (unpaired) electrons. The highest BCUT2D eigenvalue weighted by atomic mass is 32.2. The maximum Gasteiger partial charge on any atom is 0.244 e. The zero-order valence-electron chi connectivity index (χ0n) is 11.2. The van der Waals surface area contributed by atoms with Gasteiger partial charge in [0.1, 0.15) is 10.7 Å². The number of nitrogens with two attached hydrogens (primary N) is 1. The number of hydrogen-bond acceptors (Lipinski definition) is 5. The molecule has 6 nitrogen and oxygen atoms in total. The Labute approximate surface area is 118 Å². The van der Waals surface area contributed by atoms with E-state index in [1.807, 2.05) is 0 Å². The van der Waals surface area contributed by atoms with E-state index in [9.17, 15) is 12.8 Å². The number of hydrogen-bond donors (Lipinski definition) is 1. The van der Waals surface area contributed by atoms with Gasteiger partial charge in [-0.15, -0.1) is 0 Å². The summed E-state index contributed by atoms with van der Waals surface area (Å²) < 4.78 is 39.4. The minimum Gasteiger partial charge on any atom is -0.329 e. The van der Waals surface area contributed by atoms with Crippen molar-refractivity contribution < 1.29 is 12.8 Å². The molecular formula is C12H19FN4O2S. The number of nitrogens with zero attached hydrogens (tertiary/aromatic N) is 3. The van der Waals surface area contributed by atoms with Gasteiger partial charge in [0.05, 0.1) is 6.20 Å². The van der Waals surface area contributed by atoms with Crippen LogP contribution in [0.15, 0.2) is 23.4 Å². The lowest BCUT2D eigenvalue weighted by Crippen LogP contribution is -2.36. The van der Waals surface area contributed by atoms with Crippen molar-refractivity contribution in [3.63, 3.8) is 0 Å². The predicted molar refractivity (Wildman–Crippen MR) is 73.1 cm³/mol. The number of sulfonamides is 1. The summed E-state index contributed by atoms with van der Waals surface area (Å²) in [5.41, 5.74) is 5.52. The Morgan fingerprint density at radius 3 is 2.75 bits per heavy atom. The first kappa shape index (κ1) is 15.3. The van der Waals surface area contributed by atoms with E-state index in [2.05, 4.69) is 9.88 Å². The Morgan fingerprint density at radius 2 is 2.05 bits per heavy atom. The third-order valence-electron chi connectivity index (χ3n) is 3.31. The van der Waals surface area contributed by atoms with E-state index >= 15 is 0 Å². The van der Waals surface area contributed by atoms with Crippen molar-refractivity contribution in [3.05, 3.63) is 24.3 Å². The van der Waals surface area contributed by atoms with E-state index in [4.69, 9.17) is 5.73 Å². The normalized spacial score (nSPS) is 18.9. The Hall–Kier alpha value is -1.09. The van der Waals surface area contributed by atoms with Crippen molar-refractivity contribution in [1.29, 1.82) is 0 Å². The van der Waals surface area contributed by atoms with Gasteiger partial charge in [0.2, 0.25) is 10.0 Å². The first-order chi connectivity index (χ1) is 9.54. The molecule has 0 saturated carbocycles. The Morgan fingerprint density at radius 1 is 1.25 bits per heavy atom. The van der Waals surface area contributed by atoms with Gasteiger partial charge in [0.25, 0.3) is 0 Å². The van der Waals surface area contributed by atoms with Crippen LogP contribution in [0, 0.1) is 5.82 Å². The Bertz CT molecular complexity index is 552. The molecule has 2 heterocycles. The van der Waals surface area contributed by atoms with Gasteiger partial charge in [-0.25, -0.2) is 12.8 Å². The summed E-state index contributed by atoms with van der Waals surface area (Å²) in [6.07, 6.45) is 2.91. The Kier molecular flexibility index (Phi) is 5.03. The summed E-state index contributed by atoms with van der Waals surface area (Å²) in [4.78, 5) is 5.65. The molecule has 1 aromatic heterocycles. The first-order valence-corrected chi connectivity index (χ1v) is 8.01. The van der Waals surface area contributed by atoms with Crippen LogP contribution in [0.4, 0.5) is 4.39 Å². The topological polar surface area (TPSA) is 79.5 Å². The van der Waals surface area contributed by atoms with E-state index in [0.29, 0.717) is 26.2 Å². The van der Waals surface area contributed by atoms with Gasteiger partial charge in [-0.05, 0) is 19.0 Å². The van der Waals surface area contributed by atoms with Crippen LogP contribution in [-0.2, 0) is 10.0 Å². The predicted octanol–water partition coefficient (Wildman–Crippen LogP) is -0.124. The average Bonchev–Trinajstić information content (AvgIpc) is 2.65. The monoisotopic (exact) mass is 302 g/mol. The molecule has 0 atom stereocenters. The van der Waals surface area contributed by atoms with Crippen LogP contribution in [0.1, 0.15) is 6.42 Å². The van der Waals surface area contributed by atoms with Crippen LogP contribution in [0.5, 0.6) is 0 Å². The minimum atomic E-state index is -3.67. The first-order valence-electron chi connectivity index (χ1n) is 6.57. The maximum absolute atomic E-state index is 13.1. The standard InChI is InChI=1S/C12H19FN4O2S/c13-11-8-12(10-15-9-11)20(18,19)17-4-1-3-16(5-2-14)6-7-17/h8-10H,1-7,14H2. The molecular weight excluding hydrogens is 283 g/mol. The summed E-state index contributed by atoms with van der Waals surface area (Å²) in [6.45, 7) is 3.60. The molecule has 2 rings (SSSR count). The van der Waals surface area contributed by atoms with Crippen molar-refractivity contribution in [2.45, 2.75) is 11.3 Å². The minimum absolute atomic E-state index is 0.0928. The summed E-state index contributed by atoms with van der Waals surface area (Å²) in [6, 6.07) is 1.00. The van der Waals surface area contributed by atoms with Crippen LogP contribution in [0.2, 0.25) is 0 Å². The molecule has 1 aliphatic rings. The second-order valence-corrected chi connectivity index (χ2v) is 6.66. The second kappa shape index (κ2) is 6.57. The van der Waals surface area contributed by atoms with E-state index < -0.39 is 15.8 Å². The van der Waals surface area contributed by atoms with Gasteiger partial charge < -0.3 is 10.6 Å². The molecule has 1 aromatic rings. The fraction of sp³-hybridized carbons (Fsp3) is 0.583. The lowest BCUT2D eigenvalue weighted by molar-refractivity contribution is 0.294. The van der Waals surface area contributed by atoms with E-state index in [1.54, 1.807) is 0 Å². The largest absolute Gasteiger partial charge is 0.329 e. The lowest BCUT2D eigenvalue weighted by atomic mass is 10.4. The zero-order valence-corrected chi connectivity index (χ0v) is 12.0. The SMILES string of the molecule is NCCN1CCCN(S(=O)(=O)c2cncc(F)c2)CC1. The van der Waals surface area contributed by atoms with Crippen molar-refractivity contribution in [2.75, 3.05) is 39.3 Å². The number of rotatable bonds is 4. The zero-order chi connectivity index (χ0) is 14.6. The molecule has 0 aromatic carbocycles. The molecule has 1 aliphatic heterocycles. The van der Waals surface area contributed by atoms with Crippen molar-refractivity contribution >= 4 is 10.0 Å². The highest BCUT2D eigenvalue weighted by Crippen LogP contribution is 2.17. The van der Waals surface area contributed by atoms with Gasteiger partial charge in [0, 0.05) is 38.9 Å². The molecule has 0 aliphatic carbocycles. The molecule has 2 N–H and O–H groups in total. The van der Waals surface area contributed by atoms with Crippen LogP contribution < -0.4 is 5.73 Å². The lowest BCUT2D eigenvalue weighted by Gasteiger charge is -2.21. The summed E-state index contributed by atoms with van der Waals surface area (Å²) in [7, 11) is -3.67. The summed E-state index contributed by atoms with van der Waals surface area (Å²) >= 11 is 0. The third-order valence-corrected chi connectivity index (χ3v) is 5.17. The molecule has 1 fully saturated rings. The number of aromatic nitrogens is 1. The number of pyridine rings is 1. The van der Waals surface area contributed by atoms with Gasteiger partial charge in [-0.1, -0.05) is 0 Å². The van der Waals surface area contributed by atoms with Crippen LogP contribution in [-0.4, -0.2) is 61.9 Å². The second-order valence-electron chi connectivity index (χ2n) is 4.73. The van der Waals surface area contributed by atoms with Crippen molar-refractivity contribution in [1.82, 2.24) is 14.2 Å². The molecule has 0 amide bonds. The van der Waals surface area contributed by atoms with Gasteiger partial charge in [-0.3, -0.25) is 4.98 Å². The van der Waals surface area contributed by atoms with Gasteiger partial charge in [-0.2, -0.15) is 4.31 Å². The van der Waals surface area contributed by atoms with E-state index in [0.717, 1.165) is 31.8 Å². The molecule has 112 valence electrons. The molecule has 20 heavy (non-hydrogen) atoms. The van der Waals surface area contributed by atoms with E-state index in [1.165, 1.54) is 10.5 Å². The van der Waals surface area contributed by atoms with Crippen LogP contribution in [0.3, 0.4) is 0 Å². The molecule has 8 heteroatoms. The third kappa shape index (κ3) is 3.51. The van der Waals surface area contributed by atoms with Gasteiger partial charge in [0.15, 0.2) is 0 Å². The highest BCUT2D eigenvalue weighted by molar-refractivity contribution is 7.89. The molecule has 0 bridgehead atoms. The van der Waals surface area contributed by atoms with E-state index in [-0.39, 0.29) is 4.90 Å². The van der Waals surface area contributed by atoms with Crippen LogP contribution >= 0.6 is 0 Å². The Balaban J connectivity index is 2.14. The summed E-state index contributed by atoms with van der Waals surface area (Å²) in [5.74, 6) is -0.648. The van der Waals surface area contributed by atoms with Gasteiger partial charge >= 0.3 is 0 Å². The quantitative estimate of drug-likeness (QED) is 0.838. The highest BCUT2D eigenvalue weighted by Gasteiger charge is 2.27. The molecule has 0 spiro atoms. The smallest absolute Gasteiger partial charge is 0.244 e. The summed E-state index contributed by atoms with van der Waals surface area (Å²) in [5, 5.41) is 0. The number of halogens is 1. The fourth-order valence-electron chi connectivity index (χ4n) is 2.28.